The van der Waals surface area contributed by atoms with Crippen molar-refractivity contribution in [2.45, 2.75) is 19.4 Å². The lowest BCUT2D eigenvalue weighted by molar-refractivity contribution is 0.179. The van der Waals surface area contributed by atoms with Gasteiger partial charge < -0.3 is 0 Å². The number of hydrogen-bond acceptors (Lipinski definition) is 2. The molecule has 1 unspecified atom stereocenters. The molecule has 2 nitrogen and oxygen atoms in total. The summed E-state index contributed by atoms with van der Waals surface area (Å²) in [5, 5.41) is 1.89. The van der Waals surface area contributed by atoms with Crippen LogP contribution in [0.5, 0.6) is 0 Å². The minimum absolute atomic E-state index is 0.781. The summed E-state index contributed by atoms with van der Waals surface area (Å²) in [4.78, 5) is 6.49. The fourth-order valence-electron chi connectivity index (χ4n) is 2.19. The predicted molar refractivity (Wildman–Crippen MR) is 71.0 cm³/mol. The second-order valence-electron chi connectivity index (χ2n) is 4.36. The van der Waals surface area contributed by atoms with Crippen LogP contribution in [-0.2, 0) is 6.54 Å². The highest BCUT2D eigenvalue weighted by molar-refractivity contribution is 9.09. The standard InChI is InChI=1S/C12H16BrClN2/c13-6-10-2-1-5-16(8-10)9-11-3-4-15-7-12(11)14/h3-4,7,10H,1-2,5-6,8-9H2. The molecule has 0 saturated carbocycles. The van der Waals surface area contributed by atoms with Gasteiger partial charge in [-0.25, -0.2) is 0 Å². The summed E-state index contributed by atoms with van der Waals surface area (Å²) in [6.07, 6.45) is 6.17. The van der Waals surface area contributed by atoms with Gasteiger partial charge in [0.25, 0.3) is 0 Å². The molecule has 1 aromatic heterocycles. The highest BCUT2D eigenvalue weighted by atomic mass is 79.9. The van der Waals surface area contributed by atoms with E-state index in [1.54, 1.807) is 6.20 Å². The van der Waals surface area contributed by atoms with E-state index in [0.717, 1.165) is 22.8 Å². The molecule has 0 radical (unpaired) electrons. The molecule has 2 heterocycles. The molecular formula is C12H16BrClN2. The summed E-state index contributed by atoms with van der Waals surface area (Å²) in [7, 11) is 0. The van der Waals surface area contributed by atoms with E-state index in [2.05, 4.69) is 25.8 Å². The smallest absolute Gasteiger partial charge is 0.0634 e. The lowest BCUT2D eigenvalue weighted by Gasteiger charge is -2.31. The molecule has 0 bridgehead atoms. The average molecular weight is 304 g/mol. The van der Waals surface area contributed by atoms with Crippen LogP contribution in [0, 0.1) is 5.92 Å². The van der Waals surface area contributed by atoms with Crippen molar-refractivity contribution in [2.75, 3.05) is 18.4 Å². The van der Waals surface area contributed by atoms with Gasteiger partial charge in [-0.15, -0.1) is 0 Å². The summed E-state index contributed by atoms with van der Waals surface area (Å²) in [5.74, 6) is 0.786. The topological polar surface area (TPSA) is 16.1 Å². The number of pyridine rings is 1. The Morgan fingerprint density at radius 3 is 3.19 bits per heavy atom. The van der Waals surface area contributed by atoms with Crippen molar-refractivity contribution >= 4 is 27.5 Å². The number of likely N-dealkylation sites (tertiary alicyclic amines) is 1. The number of piperidine rings is 1. The van der Waals surface area contributed by atoms with Crippen molar-refractivity contribution in [1.82, 2.24) is 9.88 Å². The fourth-order valence-corrected chi connectivity index (χ4v) is 2.90. The molecule has 2 rings (SSSR count). The molecule has 1 aromatic rings. The molecule has 0 N–H and O–H groups in total. The van der Waals surface area contributed by atoms with Gasteiger partial charge in [-0.3, -0.25) is 9.88 Å². The minimum atomic E-state index is 0.781. The molecule has 1 fully saturated rings. The van der Waals surface area contributed by atoms with Gasteiger partial charge in [0.2, 0.25) is 0 Å². The van der Waals surface area contributed by atoms with E-state index in [4.69, 9.17) is 11.6 Å². The van der Waals surface area contributed by atoms with Crippen LogP contribution in [-0.4, -0.2) is 28.3 Å². The van der Waals surface area contributed by atoms with Crippen molar-refractivity contribution in [3.8, 4) is 0 Å². The van der Waals surface area contributed by atoms with Gasteiger partial charge >= 0.3 is 0 Å². The third-order valence-electron chi connectivity index (χ3n) is 3.07. The van der Waals surface area contributed by atoms with E-state index in [9.17, 15) is 0 Å². The maximum Gasteiger partial charge on any atom is 0.0634 e. The molecule has 1 aliphatic rings. The van der Waals surface area contributed by atoms with Crippen LogP contribution in [0.1, 0.15) is 18.4 Å². The van der Waals surface area contributed by atoms with E-state index < -0.39 is 0 Å². The highest BCUT2D eigenvalue weighted by Crippen LogP contribution is 2.22. The van der Waals surface area contributed by atoms with Crippen LogP contribution in [0.3, 0.4) is 0 Å². The monoisotopic (exact) mass is 302 g/mol. The summed E-state index contributed by atoms with van der Waals surface area (Å²) in [6.45, 7) is 3.30. The minimum Gasteiger partial charge on any atom is -0.299 e. The number of hydrogen-bond donors (Lipinski definition) is 0. The van der Waals surface area contributed by atoms with Crippen LogP contribution in [0.25, 0.3) is 0 Å². The van der Waals surface area contributed by atoms with Gasteiger partial charge in [0.15, 0.2) is 0 Å². The molecule has 4 heteroatoms. The Kier molecular flexibility index (Phi) is 4.62. The first kappa shape index (κ1) is 12.3. The van der Waals surface area contributed by atoms with Crippen molar-refractivity contribution < 1.29 is 0 Å². The van der Waals surface area contributed by atoms with Crippen LogP contribution in [0.15, 0.2) is 18.5 Å². The number of alkyl halides is 1. The molecule has 0 amide bonds. The van der Waals surface area contributed by atoms with Crippen LogP contribution in [0.2, 0.25) is 5.02 Å². The van der Waals surface area contributed by atoms with Gasteiger partial charge in [-0.2, -0.15) is 0 Å². The highest BCUT2D eigenvalue weighted by Gasteiger charge is 2.19. The maximum atomic E-state index is 6.12. The SMILES string of the molecule is Clc1cnccc1CN1CCCC(CBr)C1. The second-order valence-corrected chi connectivity index (χ2v) is 5.42. The van der Waals surface area contributed by atoms with E-state index in [1.807, 2.05) is 12.3 Å². The molecule has 16 heavy (non-hydrogen) atoms. The quantitative estimate of drug-likeness (QED) is 0.796. The number of nitrogens with zero attached hydrogens (tertiary/aromatic N) is 2. The first-order valence-electron chi connectivity index (χ1n) is 5.66. The second kappa shape index (κ2) is 5.99. The molecule has 0 aromatic carbocycles. The van der Waals surface area contributed by atoms with E-state index >= 15 is 0 Å². The number of aromatic nitrogens is 1. The Morgan fingerprint density at radius 1 is 1.56 bits per heavy atom. The lowest BCUT2D eigenvalue weighted by Crippen LogP contribution is -2.35. The van der Waals surface area contributed by atoms with Gasteiger partial charge in [0.05, 0.1) is 5.02 Å². The molecule has 88 valence electrons. The Hall–Kier alpha value is -0.120. The van der Waals surface area contributed by atoms with Crippen LogP contribution in [0.4, 0.5) is 0 Å². The molecule has 1 atom stereocenters. The van der Waals surface area contributed by atoms with Crippen molar-refractivity contribution in [2.24, 2.45) is 5.92 Å². The van der Waals surface area contributed by atoms with Crippen molar-refractivity contribution in [3.63, 3.8) is 0 Å². The number of rotatable bonds is 3. The molecule has 1 aliphatic heterocycles. The normalized spacial score (nSPS) is 22.2. The van der Waals surface area contributed by atoms with Crippen LogP contribution < -0.4 is 0 Å². The van der Waals surface area contributed by atoms with Gasteiger partial charge in [0.1, 0.15) is 0 Å². The molecule has 0 spiro atoms. The first-order valence-corrected chi connectivity index (χ1v) is 7.16. The van der Waals surface area contributed by atoms with Crippen molar-refractivity contribution in [3.05, 3.63) is 29.0 Å². The lowest BCUT2D eigenvalue weighted by atomic mass is 10.00. The molecule has 0 aliphatic carbocycles. The van der Waals surface area contributed by atoms with E-state index in [0.29, 0.717) is 0 Å². The Balaban J connectivity index is 1.97. The Bertz CT molecular complexity index is 346. The summed E-state index contributed by atoms with van der Waals surface area (Å²) in [6, 6.07) is 2.01. The maximum absolute atomic E-state index is 6.12. The molecule has 1 saturated heterocycles. The zero-order chi connectivity index (χ0) is 11.4. The third kappa shape index (κ3) is 3.19. The van der Waals surface area contributed by atoms with Crippen molar-refractivity contribution in [1.29, 1.82) is 0 Å². The number of halogens is 2. The zero-order valence-electron chi connectivity index (χ0n) is 9.20. The van der Waals surface area contributed by atoms with Gasteiger partial charge in [-0.05, 0) is 36.9 Å². The first-order chi connectivity index (χ1) is 7.79. The Morgan fingerprint density at radius 2 is 2.44 bits per heavy atom. The largest absolute Gasteiger partial charge is 0.299 e. The molecular weight excluding hydrogens is 288 g/mol. The summed E-state index contributed by atoms with van der Waals surface area (Å²) in [5.41, 5.74) is 1.19. The fraction of sp³-hybridized carbons (Fsp3) is 0.583. The predicted octanol–water partition coefficient (Wildman–Crippen LogP) is 3.34. The van der Waals surface area contributed by atoms with Gasteiger partial charge in [-0.1, -0.05) is 27.5 Å². The van der Waals surface area contributed by atoms with E-state index in [1.165, 1.54) is 31.5 Å². The summed E-state index contributed by atoms with van der Waals surface area (Å²) >= 11 is 9.69. The van der Waals surface area contributed by atoms with E-state index in [-0.39, 0.29) is 0 Å². The van der Waals surface area contributed by atoms with Gasteiger partial charge in [0, 0.05) is 30.8 Å². The third-order valence-corrected chi connectivity index (χ3v) is 4.33. The zero-order valence-corrected chi connectivity index (χ0v) is 11.5. The summed E-state index contributed by atoms with van der Waals surface area (Å²) < 4.78 is 0. The average Bonchev–Trinajstić information content (AvgIpc) is 2.32. The van der Waals surface area contributed by atoms with Crippen LogP contribution >= 0.6 is 27.5 Å². The Labute approximate surface area is 110 Å².